The Bertz CT molecular complexity index is 1060. The number of nitrogens with zero attached hydrogens (tertiary/aromatic N) is 1. The Morgan fingerprint density at radius 1 is 1.00 bits per heavy atom. The zero-order valence-electron chi connectivity index (χ0n) is 17.1. The van der Waals surface area contributed by atoms with Gasteiger partial charge in [-0.1, -0.05) is 36.4 Å². The van der Waals surface area contributed by atoms with E-state index in [4.69, 9.17) is 4.74 Å². The average molecular weight is 418 g/mol. The van der Waals surface area contributed by atoms with Crippen molar-refractivity contribution in [3.8, 4) is 5.75 Å². The maximum absolute atomic E-state index is 11.7. The molecule has 0 aromatic heterocycles. The fourth-order valence-electron chi connectivity index (χ4n) is 3.55. The first-order valence-electron chi connectivity index (χ1n) is 9.82. The summed E-state index contributed by atoms with van der Waals surface area (Å²) in [6.45, 7) is 2.03. The van der Waals surface area contributed by atoms with E-state index in [0.29, 0.717) is 5.75 Å². The van der Waals surface area contributed by atoms with Gasteiger partial charge in [0, 0.05) is 29.6 Å². The van der Waals surface area contributed by atoms with Gasteiger partial charge in [-0.05, 0) is 55.1 Å². The Labute approximate surface area is 181 Å². The second-order valence-electron chi connectivity index (χ2n) is 7.16. The van der Waals surface area contributed by atoms with Gasteiger partial charge in [-0.3, -0.25) is 0 Å². The van der Waals surface area contributed by atoms with Gasteiger partial charge in [-0.25, -0.2) is 0 Å². The number of para-hydroxylation sites is 1. The Morgan fingerprint density at radius 2 is 1.63 bits per heavy atom. The predicted molar refractivity (Wildman–Crippen MR) is 125 cm³/mol. The van der Waals surface area contributed by atoms with Crippen molar-refractivity contribution in [1.29, 1.82) is 0 Å². The summed E-state index contributed by atoms with van der Waals surface area (Å²) in [6.07, 6.45) is 2.09. The number of benzene rings is 3. The fraction of sp³-hybridized carbons (Fsp3) is 0.160. The third kappa shape index (κ3) is 4.13. The van der Waals surface area contributed by atoms with E-state index in [1.807, 2.05) is 96.4 Å². The average Bonchev–Trinajstić information content (AvgIpc) is 3.12. The highest BCUT2D eigenvalue weighted by atomic mass is 32.2. The van der Waals surface area contributed by atoms with E-state index >= 15 is 0 Å². The Kier molecular flexibility index (Phi) is 5.93. The molecule has 0 spiro atoms. The second kappa shape index (κ2) is 8.78. The number of aliphatic hydroxyl groups is 1. The molecule has 0 saturated carbocycles. The molecule has 0 aliphatic carbocycles. The summed E-state index contributed by atoms with van der Waals surface area (Å²) < 4.78 is 7.25. The molecule has 1 atom stereocenters. The van der Waals surface area contributed by atoms with E-state index < -0.39 is 5.72 Å². The third-order valence-corrected chi connectivity index (χ3v) is 6.18. The summed E-state index contributed by atoms with van der Waals surface area (Å²) >= 11 is 1.65. The molecule has 0 amide bonds. The van der Waals surface area contributed by atoms with Gasteiger partial charge >= 0.3 is 5.72 Å². The monoisotopic (exact) mass is 417 g/mol. The minimum Gasteiger partial charge on any atom is -0.497 e. The predicted octanol–water partition coefficient (Wildman–Crippen LogP) is 5.35. The van der Waals surface area contributed by atoms with E-state index in [1.165, 1.54) is 0 Å². The number of anilines is 1. The van der Waals surface area contributed by atoms with Crippen LogP contribution in [0.25, 0.3) is 0 Å². The molecule has 0 saturated heterocycles. The Balaban J connectivity index is 1.72. The third-order valence-electron chi connectivity index (χ3n) is 5.03. The molecule has 0 unspecified atom stereocenters. The van der Waals surface area contributed by atoms with Gasteiger partial charge in [0.05, 0.1) is 12.7 Å². The summed E-state index contributed by atoms with van der Waals surface area (Å²) in [6, 6.07) is 27.7. The van der Waals surface area contributed by atoms with Crippen molar-refractivity contribution in [1.82, 2.24) is 0 Å². The van der Waals surface area contributed by atoms with Crippen molar-refractivity contribution < 1.29 is 14.4 Å². The standard InChI is InChI=1S/C25H24N2O2S/c1-19(26-21-13-15-23(29-2)16-14-21)17-24-27(22-11-7-4-8-12-22)25(28,18-30-24)20-9-5-3-6-10-20/h3-17,28H,18H2,1-2H3/p+1/t25-/m1/s1. The largest absolute Gasteiger partial charge is 0.497 e. The normalized spacial score (nSPS) is 19.1. The summed E-state index contributed by atoms with van der Waals surface area (Å²) in [5.41, 5.74) is 2.70. The van der Waals surface area contributed by atoms with Crippen molar-refractivity contribution in [2.75, 3.05) is 18.2 Å². The van der Waals surface area contributed by atoms with Gasteiger partial charge in [0.25, 0.3) is 0 Å². The summed E-state index contributed by atoms with van der Waals surface area (Å²) in [5.74, 6) is 1.37. The van der Waals surface area contributed by atoms with Gasteiger partial charge in [-0.2, -0.15) is 4.58 Å². The second-order valence-corrected chi connectivity index (χ2v) is 8.16. The molecular weight excluding hydrogens is 392 g/mol. The molecule has 30 heavy (non-hydrogen) atoms. The lowest BCUT2D eigenvalue weighted by Crippen LogP contribution is -2.36. The van der Waals surface area contributed by atoms with Crippen LogP contribution in [0.2, 0.25) is 0 Å². The van der Waals surface area contributed by atoms with Gasteiger partial charge in [0.1, 0.15) is 11.5 Å². The van der Waals surface area contributed by atoms with Crippen molar-refractivity contribution in [2.45, 2.75) is 12.6 Å². The first kappa shape index (κ1) is 20.3. The molecule has 4 nitrogen and oxygen atoms in total. The lowest BCUT2D eigenvalue weighted by atomic mass is 10.0. The van der Waals surface area contributed by atoms with Crippen LogP contribution >= 0.6 is 11.8 Å². The van der Waals surface area contributed by atoms with Crippen molar-refractivity contribution in [3.05, 3.63) is 102 Å². The topological polar surface area (TPSA) is 44.5 Å². The number of hydrogen-bond acceptors (Lipinski definition) is 4. The maximum Gasteiger partial charge on any atom is 0.307 e. The first-order valence-corrected chi connectivity index (χ1v) is 10.8. The van der Waals surface area contributed by atoms with E-state index in [-0.39, 0.29) is 0 Å². The molecule has 0 radical (unpaired) electrons. The van der Waals surface area contributed by atoms with Gasteiger partial charge in [-0.15, -0.1) is 0 Å². The van der Waals surface area contributed by atoms with Crippen molar-refractivity contribution in [2.24, 2.45) is 0 Å². The lowest BCUT2D eigenvalue weighted by molar-refractivity contribution is -0.592. The van der Waals surface area contributed by atoms with E-state index in [1.54, 1.807) is 18.9 Å². The molecule has 1 heterocycles. The van der Waals surface area contributed by atoms with Gasteiger partial charge < -0.3 is 15.2 Å². The molecule has 3 aromatic carbocycles. The number of thioether (sulfide) groups is 1. The van der Waals surface area contributed by atoms with Gasteiger partial charge in [0.15, 0.2) is 0 Å². The zero-order chi connectivity index (χ0) is 21.0. The number of nitrogens with one attached hydrogen (secondary N) is 1. The highest BCUT2D eigenvalue weighted by molar-refractivity contribution is 8.14. The van der Waals surface area contributed by atoms with Crippen LogP contribution in [0.5, 0.6) is 5.75 Å². The summed E-state index contributed by atoms with van der Waals surface area (Å²) in [4.78, 5) is 0. The number of methoxy groups -OCH3 is 1. The van der Waals surface area contributed by atoms with E-state index in [0.717, 1.165) is 33.4 Å². The van der Waals surface area contributed by atoms with Crippen LogP contribution in [0.3, 0.4) is 0 Å². The van der Waals surface area contributed by atoms with Crippen LogP contribution in [-0.2, 0) is 5.72 Å². The summed E-state index contributed by atoms with van der Waals surface area (Å²) in [7, 11) is 1.66. The van der Waals surface area contributed by atoms with Crippen molar-refractivity contribution in [3.63, 3.8) is 0 Å². The van der Waals surface area contributed by atoms with Crippen LogP contribution in [0.15, 0.2) is 96.7 Å². The quantitative estimate of drug-likeness (QED) is 0.531. The minimum atomic E-state index is -1.11. The fourth-order valence-corrected chi connectivity index (χ4v) is 4.84. The minimum absolute atomic E-state index is 0.549. The highest BCUT2D eigenvalue weighted by Crippen LogP contribution is 2.39. The molecule has 3 aromatic rings. The summed E-state index contributed by atoms with van der Waals surface area (Å²) in [5, 5.41) is 16.1. The number of ether oxygens (including phenoxy) is 1. The SMILES string of the molecule is COc1ccc(N/C(C)=C/C2=[N+](c3ccccc3)[C@](O)(c3ccccc3)CS2)cc1. The molecule has 152 valence electrons. The first-order chi connectivity index (χ1) is 14.6. The molecular formula is C25H25N2O2S+. The van der Waals surface area contributed by atoms with E-state index in [9.17, 15) is 5.11 Å². The number of hydrogen-bond donors (Lipinski definition) is 2. The highest BCUT2D eigenvalue weighted by Gasteiger charge is 2.50. The molecule has 1 aliphatic heterocycles. The molecule has 0 fully saturated rings. The molecule has 5 heteroatoms. The molecule has 0 bridgehead atoms. The molecule has 2 N–H and O–H groups in total. The number of rotatable bonds is 6. The van der Waals surface area contributed by atoms with Crippen LogP contribution in [0.1, 0.15) is 12.5 Å². The lowest BCUT2D eigenvalue weighted by Gasteiger charge is -2.20. The zero-order valence-corrected chi connectivity index (χ0v) is 17.9. The Morgan fingerprint density at radius 3 is 2.27 bits per heavy atom. The van der Waals surface area contributed by atoms with Crippen LogP contribution < -0.4 is 10.1 Å². The van der Waals surface area contributed by atoms with Crippen molar-refractivity contribution >= 4 is 28.2 Å². The number of allylic oxidation sites excluding steroid dienone is 1. The van der Waals surface area contributed by atoms with Crippen LogP contribution in [-0.4, -0.2) is 27.6 Å². The Hall–Kier alpha value is -3.02. The molecule has 4 rings (SSSR count). The van der Waals surface area contributed by atoms with Gasteiger partial charge in [0.2, 0.25) is 10.7 Å². The molecule has 1 aliphatic rings. The van der Waals surface area contributed by atoms with Crippen LogP contribution in [0, 0.1) is 0 Å². The van der Waals surface area contributed by atoms with E-state index in [2.05, 4.69) is 11.4 Å². The smallest absolute Gasteiger partial charge is 0.307 e. The van der Waals surface area contributed by atoms with Crippen LogP contribution in [0.4, 0.5) is 11.4 Å². The maximum atomic E-state index is 11.7.